The standard InChI is InChI=1S/C19H26N2O3/c1-12-10-16-17(23-13(2)20-16)11-15(12)14-6-8-21(9-7-14)18(22)24-19(3,4)5/h6,10-11,13,20H,7-9H2,1-5H3. The SMILES string of the molecule is Cc1cc2c(cc1C1=CCN(C(=O)OC(C)(C)C)CC1)OC(C)N2. The van der Waals surface area contributed by atoms with E-state index in [1.807, 2.05) is 27.7 Å². The number of ether oxygens (including phenoxy) is 2. The van der Waals surface area contributed by atoms with E-state index in [0.29, 0.717) is 13.1 Å². The fraction of sp³-hybridized carbons (Fsp3) is 0.526. The molecule has 0 saturated carbocycles. The van der Waals surface area contributed by atoms with Crippen LogP contribution >= 0.6 is 0 Å². The van der Waals surface area contributed by atoms with Gasteiger partial charge in [-0.1, -0.05) is 6.08 Å². The van der Waals surface area contributed by atoms with Crippen LogP contribution in [0.1, 0.15) is 45.2 Å². The summed E-state index contributed by atoms with van der Waals surface area (Å²) in [6.45, 7) is 11.0. The van der Waals surface area contributed by atoms with Gasteiger partial charge in [0, 0.05) is 13.1 Å². The zero-order valence-corrected chi connectivity index (χ0v) is 15.1. The number of hydrogen-bond acceptors (Lipinski definition) is 4. The number of carbonyl (C=O) groups is 1. The molecule has 1 unspecified atom stereocenters. The summed E-state index contributed by atoms with van der Waals surface area (Å²) >= 11 is 0. The van der Waals surface area contributed by atoms with E-state index in [9.17, 15) is 4.79 Å². The minimum absolute atomic E-state index is 0.0117. The van der Waals surface area contributed by atoms with Crippen molar-refractivity contribution in [3.63, 3.8) is 0 Å². The summed E-state index contributed by atoms with van der Waals surface area (Å²) in [6, 6.07) is 4.24. The van der Waals surface area contributed by atoms with Crippen molar-refractivity contribution in [2.24, 2.45) is 0 Å². The molecule has 1 N–H and O–H groups in total. The van der Waals surface area contributed by atoms with Crippen LogP contribution in [-0.2, 0) is 4.74 Å². The average Bonchev–Trinajstić information content (AvgIpc) is 2.84. The fourth-order valence-electron chi connectivity index (χ4n) is 3.09. The first kappa shape index (κ1) is 16.7. The van der Waals surface area contributed by atoms with E-state index >= 15 is 0 Å². The van der Waals surface area contributed by atoms with Gasteiger partial charge in [-0.15, -0.1) is 0 Å². The van der Waals surface area contributed by atoms with Crippen LogP contribution < -0.4 is 10.1 Å². The fourth-order valence-corrected chi connectivity index (χ4v) is 3.09. The smallest absolute Gasteiger partial charge is 0.410 e. The van der Waals surface area contributed by atoms with Gasteiger partial charge >= 0.3 is 6.09 Å². The Kier molecular flexibility index (Phi) is 4.20. The number of fused-ring (bicyclic) bond motifs is 1. The van der Waals surface area contributed by atoms with Crippen LogP contribution in [0.15, 0.2) is 18.2 Å². The summed E-state index contributed by atoms with van der Waals surface area (Å²) in [4.78, 5) is 13.9. The van der Waals surface area contributed by atoms with Crippen molar-refractivity contribution < 1.29 is 14.3 Å². The molecular formula is C19H26N2O3. The number of hydrogen-bond donors (Lipinski definition) is 1. The molecule has 0 radical (unpaired) electrons. The van der Waals surface area contributed by atoms with Crippen LogP contribution in [0.2, 0.25) is 0 Å². The van der Waals surface area contributed by atoms with Gasteiger partial charge in [0.05, 0.1) is 5.69 Å². The van der Waals surface area contributed by atoms with Crippen LogP contribution in [0.5, 0.6) is 5.75 Å². The number of nitrogens with one attached hydrogen (secondary N) is 1. The average molecular weight is 330 g/mol. The molecule has 1 amide bonds. The van der Waals surface area contributed by atoms with Crippen molar-refractivity contribution >= 4 is 17.4 Å². The largest absolute Gasteiger partial charge is 0.469 e. The van der Waals surface area contributed by atoms with Gasteiger partial charge in [0.15, 0.2) is 6.23 Å². The third-order valence-corrected chi connectivity index (χ3v) is 4.20. The lowest BCUT2D eigenvalue weighted by atomic mass is 9.95. The van der Waals surface area contributed by atoms with Crippen LogP contribution in [0.3, 0.4) is 0 Å². The zero-order chi connectivity index (χ0) is 17.5. The molecule has 0 bridgehead atoms. The predicted molar refractivity (Wildman–Crippen MR) is 95.3 cm³/mol. The number of amides is 1. The van der Waals surface area contributed by atoms with Gasteiger partial charge in [-0.2, -0.15) is 0 Å². The molecule has 1 atom stereocenters. The van der Waals surface area contributed by atoms with Crippen molar-refractivity contribution in [2.45, 2.75) is 52.9 Å². The maximum Gasteiger partial charge on any atom is 0.410 e. The van der Waals surface area contributed by atoms with Crippen molar-refractivity contribution in [3.05, 3.63) is 29.3 Å². The summed E-state index contributed by atoms with van der Waals surface area (Å²) in [5.74, 6) is 0.901. The molecule has 0 saturated heterocycles. The zero-order valence-electron chi connectivity index (χ0n) is 15.1. The number of benzene rings is 1. The van der Waals surface area contributed by atoms with Gasteiger partial charge in [0.2, 0.25) is 0 Å². The lowest BCUT2D eigenvalue weighted by molar-refractivity contribution is 0.0270. The Labute approximate surface area is 143 Å². The van der Waals surface area contributed by atoms with E-state index in [-0.39, 0.29) is 12.3 Å². The molecule has 1 aromatic carbocycles. The van der Waals surface area contributed by atoms with Crippen molar-refractivity contribution in [1.29, 1.82) is 0 Å². The highest BCUT2D eigenvalue weighted by Crippen LogP contribution is 2.37. The normalized spacial score (nSPS) is 20.0. The van der Waals surface area contributed by atoms with E-state index < -0.39 is 5.60 Å². The van der Waals surface area contributed by atoms with E-state index in [2.05, 4.69) is 30.4 Å². The number of anilines is 1. The molecule has 0 aliphatic carbocycles. The van der Waals surface area contributed by atoms with Crippen LogP contribution in [0.4, 0.5) is 10.5 Å². The van der Waals surface area contributed by atoms with Gasteiger partial charge in [0.1, 0.15) is 11.4 Å². The molecule has 3 rings (SSSR count). The van der Waals surface area contributed by atoms with Crippen LogP contribution in [0, 0.1) is 6.92 Å². The van der Waals surface area contributed by atoms with E-state index in [0.717, 1.165) is 17.9 Å². The van der Waals surface area contributed by atoms with Gasteiger partial charge in [-0.05, 0) is 69.9 Å². The predicted octanol–water partition coefficient (Wildman–Crippen LogP) is 4.17. The molecule has 2 aliphatic heterocycles. The number of carbonyl (C=O) groups excluding carboxylic acids is 1. The van der Waals surface area contributed by atoms with Crippen molar-refractivity contribution in [3.8, 4) is 5.75 Å². The van der Waals surface area contributed by atoms with Crippen LogP contribution in [0.25, 0.3) is 5.57 Å². The molecule has 2 heterocycles. The molecular weight excluding hydrogens is 304 g/mol. The van der Waals surface area contributed by atoms with E-state index in [1.54, 1.807) is 4.90 Å². The minimum Gasteiger partial charge on any atom is -0.469 e. The third kappa shape index (κ3) is 3.50. The van der Waals surface area contributed by atoms with Gasteiger partial charge in [-0.25, -0.2) is 4.79 Å². The molecule has 5 nitrogen and oxygen atoms in total. The topological polar surface area (TPSA) is 50.8 Å². The second kappa shape index (κ2) is 6.04. The molecule has 0 fully saturated rings. The number of aryl methyl sites for hydroxylation is 1. The van der Waals surface area contributed by atoms with Gasteiger partial charge in [0.25, 0.3) is 0 Å². The van der Waals surface area contributed by atoms with Crippen molar-refractivity contribution in [1.82, 2.24) is 4.90 Å². The summed E-state index contributed by atoms with van der Waals surface area (Å²) in [6.07, 6.45) is 2.71. The van der Waals surface area contributed by atoms with Gasteiger partial charge in [-0.3, -0.25) is 0 Å². The molecule has 5 heteroatoms. The number of nitrogens with zero attached hydrogens (tertiary/aromatic N) is 1. The molecule has 1 aromatic rings. The Morgan fingerprint density at radius 3 is 2.75 bits per heavy atom. The first-order valence-electron chi connectivity index (χ1n) is 8.48. The molecule has 24 heavy (non-hydrogen) atoms. The summed E-state index contributed by atoms with van der Waals surface area (Å²) < 4.78 is 11.2. The second-order valence-electron chi connectivity index (χ2n) is 7.47. The molecule has 2 aliphatic rings. The summed E-state index contributed by atoms with van der Waals surface area (Å²) in [5, 5.41) is 3.30. The molecule has 0 spiro atoms. The lowest BCUT2D eigenvalue weighted by Crippen LogP contribution is -2.39. The maximum atomic E-state index is 12.2. The Morgan fingerprint density at radius 1 is 1.38 bits per heavy atom. The minimum atomic E-state index is -0.460. The Bertz CT molecular complexity index is 689. The highest BCUT2D eigenvalue weighted by molar-refractivity contribution is 5.77. The third-order valence-electron chi connectivity index (χ3n) is 4.20. The summed E-state index contributed by atoms with van der Waals surface area (Å²) in [7, 11) is 0. The van der Waals surface area contributed by atoms with Crippen molar-refractivity contribution in [2.75, 3.05) is 18.4 Å². The Hall–Kier alpha value is -2.17. The van der Waals surface area contributed by atoms with Gasteiger partial charge < -0.3 is 19.7 Å². The quantitative estimate of drug-likeness (QED) is 0.839. The molecule has 0 aromatic heterocycles. The number of rotatable bonds is 1. The Balaban J connectivity index is 1.74. The monoisotopic (exact) mass is 330 g/mol. The highest BCUT2D eigenvalue weighted by Gasteiger charge is 2.25. The van der Waals surface area contributed by atoms with E-state index in [4.69, 9.17) is 9.47 Å². The first-order chi connectivity index (χ1) is 11.2. The maximum absolute atomic E-state index is 12.2. The highest BCUT2D eigenvalue weighted by atomic mass is 16.6. The Morgan fingerprint density at radius 2 is 2.12 bits per heavy atom. The first-order valence-corrected chi connectivity index (χ1v) is 8.48. The summed E-state index contributed by atoms with van der Waals surface area (Å²) in [5.41, 5.74) is 4.27. The molecule has 130 valence electrons. The van der Waals surface area contributed by atoms with Crippen LogP contribution in [-0.4, -0.2) is 35.9 Å². The van der Waals surface area contributed by atoms with E-state index in [1.165, 1.54) is 16.7 Å². The lowest BCUT2D eigenvalue weighted by Gasteiger charge is -2.30. The second-order valence-corrected chi connectivity index (χ2v) is 7.47.